The van der Waals surface area contributed by atoms with Gasteiger partial charge in [-0.25, -0.2) is 4.79 Å². The van der Waals surface area contributed by atoms with Crippen molar-refractivity contribution in [1.82, 2.24) is 5.32 Å². The highest BCUT2D eigenvalue weighted by atomic mass is 16.6. The quantitative estimate of drug-likeness (QED) is 0.838. The van der Waals surface area contributed by atoms with E-state index in [1.54, 1.807) is 0 Å². The van der Waals surface area contributed by atoms with Gasteiger partial charge in [0.25, 0.3) is 0 Å². The number of rotatable bonds is 3. The van der Waals surface area contributed by atoms with Gasteiger partial charge in [-0.3, -0.25) is 0 Å². The monoisotopic (exact) mass is 252 g/mol. The molecule has 0 bridgehead atoms. The van der Waals surface area contributed by atoms with Gasteiger partial charge in [0.2, 0.25) is 0 Å². The van der Waals surface area contributed by atoms with Crippen LogP contribution in [0, 0.1) is 22.7 Å². The first-order valence-electron chi connectivity index (χ1n) is 6.61. The largest absolute Gasteiger partial charge is 0.444 e. The Bertz CT molecular complexity index is 346. The van der Waals surface area contributed by atoms with Crippen molar-refractivity contribution in [2.75, 3.05) is 0 Å². The highest BCUT2D eigenvalue weighted by molar-refractivity contribution is 5.68. The second-order valence-electron chi connectivity index (χ2n) is 6.49. The summed E-state index contributed by atoms with van der Waals surface area (Å²) >= 11 is 0. The van der Waals surface area contributed by atoms with E-state index in [0.29, 0.717) is 0 Å². The van der Waals surface area contributed by atoms with Crippen molar-refractivity contribution in [3.8, 4) is 6.07 Å². The fraction of sp³-hybridized carbons (Fsp3) is 0.857. The Labute approximate surface area is 110 Å². The molecule has 0 saturated heterocycles. The minimum atomic E-state index is -0.509. The highest BCUT2D eigenvalue weighted by Gasteiger charge is 2.46. The maximum atomic E-state index is 11.8. The standard InChI is InChI=1S/C14H24N2O2/c1-10(2)11(14(9-15)7-6-8-14)16-12(17)18-13(3,4)5/h10-11H,6-8H2,1-5H3,(H,16,17). The second-order valence-corrected chi connectivity index (χ2v) is 6.49. The molecule has 4 nitrogen and oxygen atoms in total. The first-order valence-corrected chi connectivity index (χ1v) is 6.61. The summed E-state index contributed by atoms with van der Waals surface area (Å²) in [6.45, 7) is 9.56. The number of alkyl carbamates (subject to hydrolysis) is 1. The Morgan fingerprint density at radius 1 is 1.39 bits per heavy atom. The van der Waals surface area contributed by atoms with Gasteiger partial charge in [0.15, 0.2) is 0 Å². The number of nitriles is 1. The summed E-state index contributed by atoms with van der Waals surface area (Å²) in [5.41, 5.74) is -0.907. The maximum Gasteiger partial charge on any atom is 0.407 e. The fourth-order valence-electron chi connectivity index (χ4n) is 2.43. The van der Waals surface area contributed by atoms with Crippen LogP contribution >= 0.6 is 0 Å². The van der Waals surface area contributed by atoms with Gasteiger partial charge in [-0.05, 0) is 39.5 Å². The molecule has 0 aromatic heterocycles. The van der Waals surface area contributed by atoms with Crippen LogP contribution in [-0.4, -0.2) is 17.7 Å². The van der Waals surface area contributed by atoms with Crippen molar-refractivity contribution < 1.29 is 9.53 Å². The van der Waals surface area contributed by atoms with Gasteiger partial charge in [0, 0.05) is 0 Å². The van der Waals surface area contributed by atoms with Gasteiger partial charge in [-0.15, -0.1) is 0 Å². The molecule has 1 unspecified atom stereocenters. The van der Waals surface area contributed by atoms with E-state index in [2.05, 4.69) is 11.4 Å². The summed E-state index contributed by atoms with van der Waals surface area (Å²) in [4.78, 5) is 11.8. The zero-order chi connectivity index (χ0) is 14.0. The Balaban J connectivity index is 2.71. The third kappa shape index (κ3) is 3.38. The van der Waals surface area contributed by atoms with Crippen LogP contribution in [0.1, 0.15) is 53.9 Å². The van der Waals surface area contributed by atoms with Gasteiger partial charge in [0.05, 0.1) is 17.5 Å². The third-order valence-electron chi connectivity index (χ3n) is 3.40. The van der Waals surface area contributed by atoms with Crippen LogP contribution < -0.4 is 5.32 Å². The van der Waals surface area contributed by atoms with Gasteiger partial charge >= 0.3 is 6.09 Å². The molecule has 1 aliphatic carbocycles. The SMILES string of the molecule is CC(C)C(NC(=O)OC(C)(C)C)C1(C#N)CCC1. The molecule has 0 spiro atoms. The number of carbonyl (C=O) groups is 1. The molecule has 4 heteroatoms. The van der Waals surface area contributed by atoms with Crippen molar-refractivity contribution in [1.29, 1.82) is 5.26 Å². The van der Waals surface area contributed by atoms with Crippen molar-refractivity contribution in [3.05, 3.63) is 0 Å². The van der Waals surface area contributed by atoms with Crippen LogP contribution in [0.3, 0.4) is 0 Å². The topological polar surface area (TPSA) is 62.1 Å². The normalized spacial score (nSPS) is 19.6. The molecule has 0 aliphatic heterocycles. The highest BCUT2D eigenvalue weighted by Crippen LogP contribution is 2.45. The molecule has 1 aliphatic rings. The predicted octanol–water partition coefficient (Wildman–Crippen LogP) is 3.23. The molecule has 1 N–H and O–H groups in total. The summed E-state index contributed by atoms with van der Waals surface area (Å²) < 4.78 is 5.27. The van der Waals surface area contributed by atoms with Crippen LogP contribution in [0.2, 0.25) is 0 Å². The zero-order valence-corrected chi connectivity index (χ0v) is 12.0. The van der Waals surface area contributed by atoms with E-state index in [1.807, 2.05) is 34.6 Å². The molecule has 1 atom stereocenters. The Hall–Kier alpha value is -1.24. The molecule has 0 aromatic carbocycles. The lowest BCUT2D eigenvalue weighted by Crippen LogP contribution is -2.54. The summed E-state index contributed by atoms with van der Waals surface area (Å²) in [6, 6.07) is 2.26. The third-order valence-corrected chi connectivity index (χ3v) is 3.40. The molecular formula is C14H24N2O2. The molecule has 102 valence electrons. The van der Waals surface area contributed by atoms with Crippen molar-refractivity contribution in [2.24, 2.45) is 11.3 Å². The molecule has 1 fully saturated rings. The number of carbonyl (C=O) groups excluding carboxylic acids is 1. The van der Waals surface area contributed by atoms with Crippen molar-refractivity contribution >= 4 is 6.09 Å². The first-order chi connectivity index (χ1) is 8.20. The molecule has 0 heterocycles. The van der Waals surface area contributed by atoms with Crippen molar-refractivity contribution in [3.63, 3.8) is 0 Å². The Morgan fingerprint density at radius 2 is 1.94 bits per heavy atom. The molecule has 1 amide bonds. The van der Waals surface area contributed by atoms with E-state index in [0.717, 1.165) is 19.3 Å². The maximum absolute atomic E-state index is 11.8. The van der Waals surface area contributed by atoms with E-state index in [9.17, 15) is 10.1 Å². The van der Waals surface area contributed by atoms with Gasteiger partial charge in [-0.1, -0.05) is 20.3 Å². The Kier molecular flexibility index (Phi) is 4.26. The summed E-state index contributed by atoms with van der Waals surface area (Å²) in [7, 11) is 0. The number of hydrogen-bond acceptors (Lipinski definition) is 3. The molecule has 0 radical (unpaired) electrons. The van der Waals surface area contributed by atoms with Gasteiger partial charge < -0.3 is 10.1 Å². The number of nitrogens with zero attached hydrogens (tertiary/aromatic N) is 1. The second kappa shape index (κ2) is 5.17. The number of hydrogen-bond donors (Lipinski definition) is 1. The number of amides is 1. The molecule has 0 aromatic rings. The zero-order valence-electron chi connectivity index (χ0n) is 12.0. The van der Waals surface area contributed by atoms with Gasteiger partial charge in [0.1, 0.15) is 5.60 Å². The lowest BCUT2D eigenvalue weighted by atomic mass is 9.62. The predicted molar refractivity (Wildman–Crippen MR) is 69.9 cm³/mol. The van der Waals surface area contributed by atoms with Crippen LogP contribution in [0.25, 0.3) is 0 Å². The van der Waals surface area contributed by atoms with Crippen LogP contribution in [-0.2, 0) is 4.74 Å². The number of nitrogens with one attached hydrogen (secondary N) is 1. The van der Waals surface area contributed by atoms with Gasteiger partial charge in [-0.2, -0.15) is 5.26 Å². The minimum Gasteiger partial charge on any atom is -0.444 e. The summed E-state index contributed by atoms with van der Waals surface area (Å²) in [5, 5.41) is 12.2. The summed E-state index contributed by atoms with van der Waals surface area (Å²) in [6.07, 6.45) is 2.36. The van der Waals surface area contributed by atoms with E-state index in [4.69, 9.17) is 4.74 Å². The minimum absolute atomic E-state index is 0.133. The molecular weight excluding hydrogens is 228 g/mol. The van der Waals surface area contributed by atoms with Crippen LogP contribution in [0.5, 0.6) is 0 Å². The van der Waals surface area contributed by atoms with Crippen molar-refractivity contribution in [2.45, 2.75) is 65.5 Å². The number of ether oxygens (including phenoxy) is 1. The lowest BCUT2D eigenvalue weighted by Gasteiger charge is -2.44. The van der Waals surface area contributed by atoms with E-state index in [1.165, 1.54) is 0 Å². The van der Waals surface area contributed by atoms with Crippen LogP contribution in [0.4, 0.5) is 4.79 Å². The van der Waals surface area contributed by atoms with E-state index < -0.39 is 17.1 Å². The molecule has 1 saturated carbocycles. The van der Waals surface area contributed by atoms with Crippen LogP contribution in [0.15, 0.2) is 0 Å². The average molecular weight is 252 g/mol. The first kappa shape index (κ1) is 14.8. The van der Waals surface area contributed by atoms with E-state index in [-0.39, 0.29) is 12.0 Å². The lowest BCUT2D eigenvalue weighted by molar-refractivity contribution is 0.0363. The summed E-state index contributed by atoms with van der Waals surface area (Å²) in [5.74, 6) is 0.220. The fourth-order valence-corrected chi connectivity index (χ4v) is 2.43. The Morgan fingerprint density at radius 3 is 2.22 bits per heavy atom. The van der Waals surface area contributed by atoms with E-state index >= 15 is 0 Å². The molecule has 1 rings (SSSR count). The smallest absolute Gasteiger partial charge is 0.407 e. The molecule has 18 heavy (non-hydrogen) atoms. The average Bonchev–Trinajstić information content (AvgIpc) is 2.12.